The molecule has 1 fully saturated rings. The second kappa shape index (κ2) is 9.03. The van der Waals surface area contributed by atoms with Gasteiger partial charge in [0.25, 0.3) is 0 Å². The second-order valence-corrected chi connectivity index (χ2v) is 9.01. The van der Waals surface area contributed by atoms with Crippen LogP contribution < -0.4 is 5.73 Å². The van der Waals surface area contributed by atoms with Crippen LogP contribution in [0.15, 0.2) is 77.3 Å². The van der Waals surface area contributed by atoms with Crippen LogP contribution in [0.3, 0.4) is 0 Å². The van der Waals surface area contributed by atoms with E-state index in [4.69, 9.17) is 22.1 Å². The van der Waals surface area contributed by atoms with Gasteiger partial charge in [-0.15, -0.1) is 0 Å². The van der Waals surface area contributed by atoms with Gasteiger partial charge >= 0.3 is 0 Å². The number of nitrogens with zero attached hydrogens (tertiary/aromatic N) is 3. The molecule has 0 amide bonds. The molecule has 2 aliphatic heterocycles. The van der Waals surface area contributed by atoms with Crippen molar-refractivity contribution in [2.75, 3.05) is 26.3 Å². The largest absolute Gasteiger partial charge is 0.383 e. The zero-order valence-corrected chi connectivity index (χ0v) is 19.0. The maximum atomic E-state index is 13.7. The van der Waals surface area contributed by atoms with Crippen molar-refractivity contribution >= 4 is 17.4 Å². The highest BCUT2D eigenvalue weighted by Gasteiger charge is 2.44. The smallest absolute Gasteiger partial charge is 0.162 e. The zero-order valence-electron chi connectivity index (χ0n) is 18.2. The fraction of sp³-hybridized carbons (Fsp3) is 0.308. The van der Waals surface area contributed by atoms with Gasteiger partial charge in [-0.2, -0.15) is 5.26 Å². The fourth-order valence-corrected chi connectivity index (χ4v) is 5.37. The number of hydrogen-bond acceptors (Lipinski definition) is 6. The van der Waals surface area contributed by atoms with Gasteiger partial charge in [0.2, 0.25) is 0 Å². The Kier molecular flexibility index (Phi) is 5.94. The number of carbonyl (C=O) groups excluding carboxylic acids is 1. The number of nitrogens with two attached hydrogens (primary N) is 1. The van der Waals surface area contributed by atoms with Crippen LogP contribution in [-0.2, 0) is 9.53 Å². The van der Waals surface area contributed by atoms with E-state index in [0.717, 1.165) is 16.8 Å². The molecule has 6 nitrogen and oxygen atoms in total. The van der Waals surface area contributed by atoms with Gasteiger partial charge in [-0.05, 0) is 35.6 Å². The SMILES string of the molecule is N#CC1=C(N)N(N2CCOCC2)C2=C(C(=O)C[C@@H](c3ccccc3)C2)[C@H]1c1cccc(Cl)c1. The summed E-state index contributed by atoms with van der Waals surface area (Å²) in [5.74, 6) is -0.0409. The van der Waals surface area contributed by atoms with Gasteiger partial charge in [-0.3, -0.25) is 9.80 Å². The standard InChI is InChI=1S/C26H25ClN4O2/c27-20-8-4-7-18(13-20)24-21(16-28)26(29)31(30-9-11-33-12-10-30)22-14-19(15-23(32)25(22)24)17-5-2-1-3-6-17/h1-8,13,19,24H,9-12,14-15,29H2/t19-,24-/m0/s1. The lowest BCUT2D eigenvalue weighted by Gasteiger charge is -2.47. The Morgan fingerprint density at radius 1 is 1.03 bits per heavy atom. The second-order valence-electron chi connectivity index (χ2n) is 8.58. The average molecular weight is 461 g/mol. The van der Waals surface area contributed by atoms with Crippen LogP contribution in [0.25, 0.3) is 0 Å². The average Bonchev–Trinajstić information content (AvgIpc) is 2.84. The first-order chi connectivity index (χ1) is 16.1. The molecule has 0 saturated carbocycles. The Balaban J connectivity index is 1.67. The van der Waals surface area contributed by atoms with Crippen molar-refractivity contribution in [3.05, 3.63) is 93.4 Å². The number of morpholine rings is 1. The molecular weight excluding hydrogens is 436 g/mol. The Bertz CT molecular complexity index is 1180. The topological polar surface area (TPSA) is 82.6 Å². The lowest BCUT2D eigenvalue weighted by Crippen LogP contribution is -2.52. The van der Waals surface area contributed by atoms with Crippen molar-refractivity contribution in [1.82, 2.24) is 10.0 Å². The monoisotopic (exact) mass is 460 g/mol. The molecule has 2 aromatic carbocycles. The molecule has 3 aliphatic rings. The molecule has 0 radical (unpaired) electrons. The zero-order chi connectivity index (χ0) is 22.9. The first kappa shape index (κ1) is 21.7. The highest BCUT2D eigenvalue weighted by molar-refractivity contribution is 6.30. The number of benzene rings is 2. The predicted octanol–water partition coefficient (Wildman–Crippen LogP) is 4.08. The number of ether oxygens (including phenoxy) is 1. The van der Waals surface area contributed by atoms with E-state index in [-0.39, 0.29) is 11.7 Å². The van der Waals surface area contributed by atoms with Crippen LogP contribution in [-0.4, -0.2) is 42.1 Å². The van der Waals surface area contributed by atoms with Gasteiger partial charge in [0, 0.05) is 35.8 Å². The Hall–Kier alpha value is -3.11. The maximum Gasteiger partial charge on any atom is 0.162 e. The summed E-state index contributed by atoms with van der Waals surface area (Å²) in [5, 5.41) is 14.7. The van der Waals surface area contributed by atoms with E-state index in [1.165, 1.54) is 0 Å². The molecule has 2 N–H and O–H groups in total. The minimum atomic E-state index is -0.523. The van der Waals surface area contributed by atoms with Gasteiger partial charge in [0.1, 0.15) is 5.82 Å². The van der Waals surface area contributed by atoms with Crippen LogP contribution >= 0.6 is 11.6 Å². The summed E-state index contributed by atoms with van der Waals surface area (Å²) in [6.07, 6.45) is 1.06. The van der Waals surface area contributed by atoms with E-state index in [1.54, 1.807) is 6.07 Å². The van der Waals surface area contributed by atoms with E-state index in [0.29, 0.717) is 61.1 Å². The summed E-state index contributed by atoms with van der Waals surface area (Å²) >= 11 is 6.29. The highest BCUT2D eigenvalue weighted by Crippen LogP contribution is 2.48. The Morgan fingerprint density at radius 2 is 1.76 bits per heavy atom. The summed E-state index contributed by atoms with van der Waals surface area (Å²) in [5.41, 5.74) is 10.5. The summed E-state index contributed by atoms with van der Waals surface area (Å²) in [6.45, 7) is 2.43. The number of Topliss-reactive ketones (excluding diaryl/α,β-unsaturated/α-hetero) is 1. The van der Waals surface area contributed by atoms with Crippen molar-refractivity contribution in [1.29, 1.82) is 5.26 Å². The Morgan fingerprint density at radius 3 is 2.45 bits per heavy atom. The van der Waals surface area contributed by atoms with E-state index >= 15 is 0 Å². The molecule has 2 aromatic rings. The van der Waals surface area contributed by atoms with Crippen LogP contribution in [0.1, 0.15) is 35.8 Å². The van der Waals surface area contributed by atoms with Crippen LogP contribution in [0.5, 0.6) is 0 Å². The predicted molar refractivity (Wildman–Crippen MR) is 126 cm³/mol. The molecule has 0 unspecified atom stereocenters. The number of rotatable bonds is 3. The Labute approximate surface area is 198 Å². The third kappa shape index (κ3) is 3.93. The van der Waals surface area contributed by atoms with E-state index in [1.807, 2.05) is 41.4 Å². The van der Waals surface area contributed by atoms with Gasteiger partial charge in [-0.1, -0.05) is 54.1 Å². The van der Waals surface area contributed by atoms with Gasteiger partial charge in [0.05, 0.1) is 30.8 Å². The normalized spacial score (nSPS) is 24.0. The molecule has 2 atom stereocenters. The third-order valence-corrected chi connectivity index (χ3v) is 6.90. The summed E-state index contributed by atoms with van der Waals surface area (Å²) in [7, 11) is 0. The van der Waals surface area contributed by atoms with Crippen LogP contribution in [0.4, 0.5) is 0 Å². The van der Waals surface area contributed by atoms with E-state index < -0.39 is 5.92 Å². The minimum Gasteiger partial charge on any atom is -0.383 e. The molecule has 0 spiro atoms. The molecule has 7 heteroatoms. The van der Waals surface area contributed by atoms with E-state index in [9.17, 15) is 10.1 Å². The lowest BCUT2D eigenvalue weighted by atomic mass is 9.72. The summed E-state index contributed by atoms with van der Waals surface area (Å²) in [6, 6.07) is 19.8. The maximum absolute atomic E-state index is 13.7. The van der Waals surface area contributed by atoms with Gasteiger partial charge in [-0.25, -0.2) is 5.01 Å². The highest BCUT2D eigenvalue weighted by atomic mass is 35.5. The number of halogens is 1. The number of hydrazine groups is 1. The number of ketones is 1. The molecule has 5 rings (SSSR count). The molecule has 0 aromatic heterocycles. The number of hydrogen-bond donors (Lipinski definition) is 1. The molecular formula is C26H25ClN4O2. The van der Waals surface area contributed by atoms with Crippen LogP contribution in [0, 0.1) is 11.3 Å². The fourth-order valence-electron chi connectivity index (χ4n) is 5.17. The first-order valence-electron chi connectivity index (χ1n) is 11.2. The first-order valence-corrected chi connectivity index (χ1v) is 11.6. The summed E-state index contributed by atoms with van der Waals surface area (Å²) < 4.78 is 5.54. The van der Waals surface area contributed by atoms with Crippen molar-refractivity contribution < 1.29 is 9.53 Å². The third-order valence-electron chi connectivity index (χ3n) is 6.66. The molecule has 33 heavy (non-hydrogen) atoms. The van der Waals surface area contributed by atoms with E-state index in [2.05, 4.69) is 23.2 Å². The number of nitriles is 1. The molecule has 1 saturated heterocycles. The van der Waals surface area contributed by atoms with Gasteiger partial charge in [0.15, 0.2) is 5.78 Å². The van der Waals surface area contributed by atoms with Crippen molar-refractivity contribution in [3.63, 3.8) is 0 Å². The lowest BCUT2D eigenvalue weighted by molar-refractivity contribution is -0.117. The van der Waals surface area contributed by atoms with Crippen molar-refractivity contribution in [2.45, 2.75) is 24.7 Å². The number of allylic oxidation sites excluding steroid dienone is 3. The van der Waals surface area contributed by atoms with Crippen LogP contribution in [0.2, 0.25) is 5.02 Å². The molecule has 1 aliphatic carbocycles. The minimum absolute atomic E-state index is 0.0496. The molecule has 2 heterocycles. The summed E-state index contributed by atoms with van der Waals surface area (Å²) in [4.78, 5) is 13.7. The molecule has 0 bridgehead atoms. The quantitative estimate of drug-likeness (QED) is 0.743. The van der Waals surface area contributed by atoms with Crippen molar-refractivity contribution in [3.8, 4) is 6.07 Å². The van der Waals surface area contributed by atoms with Crippen molar-refractivity contribution in [2.24, 2.45) is 5.73 Å². The number of carbonyl (C=O) groups is 1. The van der Waals surface area contributed by atoms with Gasteiger partial charge < -0.3 is 10.5 Å². The molecule has 168 valence electrons.